The average molecular weight is 196 g/mol. The first kappa shape index (κ1) is 10.7. The molecular weight excluding hydrogens is 176 g/mol. The first-order valence-corrected chi connectivity index (χ1v) is 6.61. The third-order valence-electron chi connectivity index (χ3n) is 2.39. The van der Waals surface area contributed by atoms with Crippen molar-refractivity contribution in [3.05, 3.63) is 23.8 Å². The fraction of sp³-hybridized carbons (Fsp3) is 0.636. The van der Waals surface area contributed by atoms with E-state index >= 15 is 0 Å². The molecule has 2 heteroatoms. The molecule has 74 valence electrons. The molecule has 0 aromatic carbocycles. The zero-order valence-corrected chi connectivity index (χ0v) is 10.3. The Hall–Kier alpha value is -0.343. The van der Waals surface area contributed by atoms with Gasteiger partial charge in [-0.15, -0.1) is 0 Å². The van der Waals surface area contributed by atoms with Crippen LogP contribution in [-0.4, -0.2) is 15.9 Å². The molecule has 0 aromatic rings. The molecule has 1 aliphatic rings. The highest BCUT2D eigenvalue weighted by Crippen LogP contribution is 2.26. The third-order valence-corrected chi connectivity index (χ3v) is 4.71. The van der Waals surface area contributed by atoms with E-state index in [2.05, 4.69) is 39.0 Å². The standard InChI is InChI=1S/C11H20OSi/c1-4-11(13-12-9(2)3)10-7-5-6-8-10/h5,7-9,11H,4,6,13H2,1-3H3. The number of allylic oxidation sites excluding steroid dienone is 4. The molecule has 0 aromatic heterocycles. The van der Waals surface area contributed by atoms with Crippen LogP contribution in [0.1, 0.15) is 33.6 Å². The van der Waals surface area contributed by atoms with Gasteiger partial charge in [-0.1, -0.05) is 31.6 Å². The Labute approximate surface area is 83.8 Å². The van der Waals surface area contributed by atoms with Crippen molar-refractivity contribution < 1.29 is 4.43 Å². The normalized spacial score (nSPS) is 18.9. The topological polar surface area (TPSA) is 9.23 Å². The van der Waals surface area contributed by atoms with Crippen LogP contribution in [0.15, 0.2) is 23.8 Å². The lowest BCUT2D eigenvalue weighted by Crippen LogP contribution is -2.13. The molecule has 0 aliphatic heterocycles. The second kappa shape index (κ2) is 5.40. The Bertz CT molecular complexity index is 206. The summed E-state index contributed by atoms with van der Waals surface area (Å²) in [6.07, 6.45) is 9.61. The van der Waals surface area contributed by atoms with Gasteiger partial charge in [-0.05, 0) is 31.4 Å². The van der Waals surface area contributed by atoms with E-state index in [1.54, 1.807) is 0 Å². The molecule has 0 spiro atoms. The summed E-state index contributed by atoms with van der Waals surface area (Å²) in [5.74, 6) is 0. The highest BCUT2D eigenvalue weighted by atomic mass is 28.2. The van der Waals surface area contributed by atoms with E-state index in [0.29, 0.717) is 6.10 Å². The molecule has 0 saturated heterocycles. The maximum absolute atomic E-state index is 5.77. The van der Waals surface area contributed by atoms with Crippen molar-refractivity contribution in [2.45, 2.75) is 45.3 Å². The van der Waals surface area contributed by atoms with Crippen LogP contribution in [0.4, 0.5) is 0 Å². The Kier molecular flexibility index (Phi) is 4.46. The van der Waals surface area contributed by atoms with Gasteiger partial charge >= 0.3 is 0 Å². The molecule has 1 nitrogen and oxygen atoms in total. The lowest BCUT2D eigenvalue weighted by Gasteiger charge is -2.16. The first-order chi connectivity index (χ1) is 6.24. The molecule has 0 heterocycles. The predicted octanol–water partition coefficient (Wildman–Crippen LogP) is 2.58. The molecule has 1 unspecified atom stereocenters. The van der Waals surface area contributed by atoms with E-state index in [9.17, 15) is 0 Å². The van der Waals surface area contributed by atoms with Crippen molar-refractivity contribution in [1.29, 1.82) is 0 Å². The summed E-state index contributed by atoms with van der Waals surface area (Å²) in [7, 11) is -0.371. The van der Waals surface area contributed by atoms with Gasteiger partial charge in [-0.3, -0.25) is 0 Å². The van der Waals surface area contributed by atoms with Gasteiger partial charge in [0.25, 0.3) is 0 Å². The minimum Gasteiger partial charge on any atom is -0.421 e. The van der Waals surface area contributed by atoms with Gasteiger partial charge in [-0.25, -0.2) is 0 Å². The largest absolute Gasteiger partial charge is 0.421 e. The fourth-order valence-electron chi connectivity index (χ4n) is 1.54. The molecule has 13 heavy (non-hydrogen) atoms. The van der Waals surface area contributed by atoms with Crippen molar-refractivity contribution in [1.82, 2.24) is 0 Å². The molecule has 0 N–H and O–H groups in total. The van der Waals surface area contributed by atoms with Crippen molar-refractivity contribution in [2.24, 2.45) is 0 Å². The molecule has 0 radical (unpaired) electrons. The fourth-order valence-corrected chi connectivity index (χ4v) is 2.89. The van der Waals surface area contributed by atoms with Crippen molar-refractivity contribution >= 4 is 9.76 Å². The lowest BCUT2D eigenvalue weighted by atomic mass is 10.1. The number of hydrogen-bond acceptors (Lipinski definition) is 1. The number of rotatable bonds is 5. The van der Waals surface area contributed by atoms with Crippen molar-refractivity contribution in [2.75, 3.05) is 0 Å². The highest BCUT2D eigenvalue weighted by molar-refractivity contribution is 6.31. The van der Waals surface area contributed by atoms with E-state index in [1.807, 2.05) is 0 Å². The van der Waals surface area contributed by atoms with Gasteiger partial charge in [-0.2, -0.15) is 0 Å². The van der Waals surface area contributed by atoms with Crippen LogP contribution in [0, 0.1) is 0 Å². The van der Waals surface area contributed by atoms with Crippen molar-refractivity contribution in [3.8, 4) is 0 Å². The van der Waals surface area contributed by atoms with E-state index in [-0.39, 0.29) is 9.76 Å². The van der Waals surface area contributed by atoms with Crippen LogP contribution in [0.3, 0.4) is 0 Å². The third kappa shape index (κ3) is 3.49. The zero-order valence-electron chi connectivity index (χ0n) is 8.92. The summed E-state index contributed by atoms with van der Waals surface area (Å²) in [6, 6.07) is 0. The van der Waals surface area contributed by atoms with Crippen LogP contribution in [0.2, 0.25) is 5.54 Å². The van der Waals surface area contributed by atoms with Gasteiger partial charge in [0.2, 0.25) is 0 Å². The Morgan fingerprint density at radius 3 is 2.77 bits per heavy atom. The van der Waals surface area contributed by atoms with E-state index in [4.69, 9.17) is 4.43 Å². The predicted molar refractivity (Wildman–Crippen MR) is 60.6 cm³/mol. The Balaban J connectivity index is 2.38. The minimum atomic E-state index is -0.371. The monoisotopic (exact) mass is 196 g/mol. The average Bonchev–Trinajstić information content (AvgIpc) is 2.58. The smallest absolute Gasteiger partial charge is 0.169 e. The van der Waals surface area contributed by atoms with E-state index < -0.39 is 0 Å². The summed E-state index contributed by atoms with van der Waals surface area (Å²) in [5, 5.41) is 0. The molecule has 0 bridgehead atoms. The minimum absolute atomic E-state index is 0.371. The van der Waals surface area contributed by atoms with Gasteiger partial charge in [0.15, 0.2) is 9.76 Å². The summed E-state index contributed by atoms with van der Waals surface area (Å²) in [4.78, 5) is 0. The zero-order chi connectivity index (χ0) is 9.68. The number of hydrogen-bond donors (Lipinski definition) is 0. The summed E-state index contributed by atoms with van der Waals surface area (Å²) < 4.78 is 5.77. The molecule has 1 aliphatic carbocycles. The summed E-state index contributed by atoms with van der Waals surface area (Å²) in [6.45, 7) is 6.51. The second-order valence-electron chi connectivity index (χ2n) is 3.83. The maximum atomic E-state index is 5.77. The molecule has 0 amide bonds. The second-order valence-corrected chi connectivity index (χ2v) is 5.48. The summed E-state index contributed by atoms with van der Waals surface area (Å²) in [5.41, 5.74) is 2.26. The lowest BCUT2D eigenvalue weighted by molar-refractivity contribution is 0.252. The molecule has 1 atom stereocenters. The molecule has 0 saturated carbocycles. The maximum Gasteiger partial charge on any atom is 0.169 e. The first-order valence-electron chi connectivity index (χ1n) is 5.22. The SMILES string of the molecule is CCC([SiH2]OC(C)C)C1=CCC=C1. The van der Waals surface area contributed by atoms with Crippen LogP contribution in [0.25, 0.3) is 0 Å². The van der Waals surface area contributed by atoms with Crippen LogP contribution in [0.5, 0.6) is 0 Å². The van der Waals surface area contributed by atoms with Gasteiger partial charge < -0.3 is 4.43 Å². The van der Waals surface area contributed by atoms with E-state index in [1.165, 1.54) is 12.0 Å². The van der Waals surface area contributed by atoms with Crippen molar-refractivity contribution in [3.63, 3.8) is 0 Å². The Morgan fingerprint density at radius 1 is 1.54 bits per heavy atom. The summed E-state index contributed by atoms with van der Waals surface area (Å²) >= 11 is 0. The van der Waals surface area contributed by atoms with Gasteiger partial charge in [0.1, 0.15) is 0 Å². The van der Waals surface area contributed by atoms with Gasteiger partial charge in [0.05, 0.1) is 0 Å². The van der Waals surface area contributed by atoms with E-state index in [0.717, 1.165) is 12.0 Å². The molecule has 1 rings (SSSR count). The molecular formula is C11H20OSi. The quantitative estimate of drug-likeness (QED) is 0.614. The van der Waals surface area contributed by atoms with Gasteiger partial charge in [0, 0.05) is 6.10 Å². The van der Waals surface area contributed by atoms with Crippen LogP contribution < -0.4 is 0 Å². The van der Waals surface area contributed by atoms with Crippen LogP contribution in [-0.2, 0) is 4.43 Å². The van der Waals surface area contributed by atoms with Crippen LogP contribution >= 0.6 is 0 Å². The highest BCUT2D eigenvalue weighted by Gasteiger charge is 2.13. The Morgan fingerprint density at radius 2 is 2.31 bits per heavy atom. The molecule has 0 fully saturated rings.